The number of likely N-dealkylation sites (tertiary alicyclic amines) is 1. The Morgan fingerprint density at radius 1 is 0.969 bits per heavy atom. The molecule has 17 heteroatoms. The number of carbonyl (C=O) groups excluding carboxylic acids is 4. The van der Waals surface area contributed by atoms with E-state index in [2.05, 4.69) is 57.7 Å². The Labute approximate surface area is 373 Å². The van der Waals surface area contributed by atoms with E-state index in [4.69, 9.17) is 9.84 Å². The summed E-state index contributed by atoms with van der Waals surface area (Å²) >= 11 is 0. The third-order valence-corrected chi connectivity index (χ3v) is 13.9. The molecule has 0 radical (unpaired) electrons. The summed E-state index contributed by atoms with van der Waals surface area (Å²) in [5, 5.41) is 19.5. The fourth-order valence-electron chi connectivity index (χ4n) is 10.1. The molecule has 0 spiro atoms. The Hall–Kier alpha value is -5.91. The molecule has 1 aliphatic carbocycles. The summed E-state index contributed by atoms with van der Waals surface area (Å²) in [7, 11) is 3.14. The maximum absolute atomic E-state index is 13.4. The zero-order valence-electron chi connectivity index (χ0n) is 37.0. The van der Waals surface area contributed by atoms with Crippen LogP contribution in [0.2, 0.25) is 0 Å². The highest BCUT2D eigenvalue weighted by molar-refractivity contribution is 6.08. The average molecular weight is 873 g/mol. The van der Waals surface area contributed by atoms with E-state index in [0.717, 1.165) is 119 Å². The van der Waals surface area contributed by atoms with Gasteiger partial charge in [-0.25, -0.2) is 4.98 Å². The molecular formula is C47H60N12O5. The van der Waals surface area contributed by atoms with E-state index in [0.29, 0.717) is 53.4 Å². The number of hydrogen-bond acceptors (Lipinski definition) is 12. The Morgan fingerprint density at radius 3 is 2.55 bits per heavy atom. The number of hydrogen-bond donors (Lipinski definition) is 3. The first-order valence-electron chi connectivity index (χ1n) is 23.0. The molecule has 9 rings (SSSR count). The Morgan fingerprint density at radius 2 is 1.78 bits per heavy atom. The first kappa shape index (κ1) is 43.3. The summed E-state index contributed by atoms with van der Waals surface area (Å²) in [5.41, 5.74) is 4.62. The minimum Gasteiger partial charge on any atom is -0.496 e. The highest BCUT2D eigenvalue weighted by Crippen LogP contribution is 2.33. The molecule has 2 aromatic carbocycles. The molecule has 5 aromatic rings. The molecule has 0 bridgehead atoms. The number of methoxy groups -OCH3 is 1. The quantitative estimate of drug-likeness (QED) is 0.122. The van der Waals surface area contributed by atoms with Crippen LogP contribution in [0.25, 0.3) is 16.6 Å². The van der Waals surface area contributed by atoms with Gasteiger partial charge in [-0.3, -0.25) is 24.0 Å². The molecule has 64 heavy (non-hydrogen) atoms. The monoisotopic (exact) mass is 872 g/mol. The standard InChI is InChI=1S/C47H60N12O5/c1-48-45(61)12-10-38(31-60)57-29-33-24-37(9-11-39(33)47(57)63)56-22-20-55(21-23-56)28-32-13-17-54(18-14-32)19-16-49-35-5-7-36(8-6-35)58-30-34-25-40(42(64-2)26-41(34)53-58)46(62)52-44-27-50-43-4-3-15-51-59(43)44/h3-4,9,11,15,24-27,30-32,35-36,38,49H,5-8,10,12-14,16-23,28-29H2,1-2H3,(H,48,61)(H,52,62). The minimum absolute atomic E-state index is 0.134. The number of aldehydes is 1. The molecule has 3 aromatic heterocycles. The fraction of sp³-hybridized carbons (Fsp3) is 0.511. The first-order valence-corrected chi connectivity index (χ1v) is 23.0. The third kappa shape index (κ3) is 9.47. The van der Waals surface area contributed by atoms with Crippen LogP contribution in [0.3, 0.4) is 0 Å². The number of piperidine rings is 1. The van der Waals surface area contributed by atoms with Crippen molar-refractivity contribution in [3.63, 3.8) is 0 Å². The van der Waals surface area contributed by atoms with E-state index in [-0.39, 0.29) is 24.1 Å². The summed E-state index contributed by atoms with van der Waals surface area (Å²) in [6.45, 7) is 9.89. The number of nitrogens with zero attached hydrogens (tertiary/aromatic N) is 9. The topological polar surface area (TPSA) is 175 Å². The molecule has 1 unspecified atom stereocenters. The van der Waals surface area contributed by atoms with Crippen molar-refractivity contribution in [2.24, 2.45) is 5.92 Å². The molecule has 6 heterocycles. The van der Waals surface area contributed by atoms with Gasteiger partial charge in [-0.05, 0) is 106 Å². The van der Waals surface area contributed by atoms with Gasteiger partial charge < -0.3 is 40.2 Å². The lowest BCUT2D eigenvalue weighted by Crippen LogP contribution is -2.49. The number of fused-ring (bicyclic) bond motifs is 3. The lowest BCUT2D eigenvalue weighted by molar-refractivity contribution is -0.121. The van der Waals surface area contributed by atoms with E-state index < -0.39 is 6.04 Å². The van der Waals surface area contributed by atoms with Crippen LogP contribution in [0.15, 0.2) is 61.1 Å². The second kappa shape index (κ2) is 19.5. The zero-order valence-corrected chi connectivity index (χ0v) is 37.0. The van der Waals surface area contributed by atoms with Crippen molar-refractivity contribution in [1.29, 1.82) is 0 Å². The van der Waals surface area contributed by atoms with Crippen molar-refractivity contribution < 1.29 is 23.9 Å². The Kier molecular flexibility index (Phi) is 13.2. The summed E-state index contributed by atoms with van der Waals surface area (Å²) in [6.07, 6.45) is 13.4. The third-order valence-electron chi connectivity index (χ3n) is 13.9. The number of imidazole rings is 1. The minimum atomic E-state index is -0.608. The normalized spacial score (nSPS) is 20.4. The van der Waals surface area contributed by atoms with Gasteiger partial charge in [0.1, 0.15) is 12.0 Å². The lowest BCUT2D eigenvalue weighted by Gasteiger charge is -2.40. The number of nitrogens with one attached hydrogen (secondary N) is 3. The summed E-state index contributed by atoms with van der Waals surface area (Å²) in [5.74, 6) is 1.11. The second-order valence-electron chi connectivity index (χ2n) is 17.8. The number of benzene rings is 2. The lowest BCUT2D eigenvalue weighted by atomic mass is 9.91. The van der Waals surface area contributed by atoms with Crippen molar-refractivity contribution in [2.45, 2.75) is 76.0 Å². The molecule has 1 saturated carbocycles. The highest BCUT2D eigenvalue weighted by atomic mass is 16.5. The maximum atomic E-state index is 13.4. The van der Waals surface area contributed by atoms with Crippen molar-refractivity contribution in [1.82, 2.24) is 49.7 Å². The number of piperazine rings is 1. The smallest absolute Gasteiger partial charge is 0.260 e. The van der Waals surface area contributed by atoms with Crippen LogP contribution in [-0.2, 0) is 16.1 Å². The van der Waals surface area contributed by atoms with Gasteiger partial charge in [0.15, 0.2) is 11.5 Å². The summed E-state index contributed by atoms with van der Waals surface area (Å²) < 4.78 is 9.31. The van der Waals surface area contributed by atoms with Crippen LogP contribution in [0.1, 0.15) is 83.7 Å². The van der Waals surface area contributed by atoms with E-state index >= 15 is 0 Å². The number of anilines is 2. The van der Waals surface area contributed by atoms with Gasteiger partial charge in [0.05, 0.1) is 36.5 Å². The van der Waals surface area contributed by atoms with E-state index in [1.165, 1.54) is 12.8 Å². The van der Waals surface area contributed by atoms with Gasteiger partial charge in [-0.1, -0.05) is 0 Å². The SMILES string of the molecule is CNC(=O)CCC(C=O)N1Cc2cc(N3CCN(CC4CCN(CCNC5CCC(n6cc7cc(C(=O)Nc8cnc9cccnn89)c(OC)cc7n6)CC5)CC4)CC3)ccc2C1=O. The van der Waals surface area contributed by atoms with Gasteiger partial charge in [0.2, 0.25) is 5.91 Å². The molecule has 4 aliphatic rings. The van der Waals surface area contributed by atoms with Gasteiger partial charge in [-0.2, -0.15) is 14.7 Å². The number of ether oxygens (including phenoxy) is 1. The van der Waals surface area contributed by atoms with Crippen LogP contribution in [0.5, 0.6) is 5.75 Å². The van der Waals surface area contributed by atoms with Crippen molar-refractivity contribution >= 4 is 52.1 Å². The van der Waals surface area contributed by atoms with Gasteiger partial charge in [-0.15, -0.1) is 0 Å². The Balaban J connectivity index is 0.673. The number of aromatic nitrogens is 5. The van der Waals surface area contributed by atoms with E-state index in [1.54, 1.807) is 42.0 Å². The molecular weight excluding hydrogens is 813 g/mol. The molecule has 3 N–H and O–H groups in total. The molecule has 338 valence electrons. The van der Waals surface area contributed by atoms with Crippen LogP contribution < -0.4 is 25.6 Å². The molecule has 3 aliphatic heterocycles. The molecule has 3 amide bonds. The van der Waals surface area contributed by atoms with Crippen LogP contribution in [-0.4, -0.2) is 148 Å². The molecule has 3 fully saturated rings. The molecule has 1 atom stereocenters. The largest absolute Gasteiger partial charge is 0.496 e. The zero-order chi connectivity index (χ0) is 44.2. The summed E-state index contributed by atoms with van der Waals surface area (Å²) in [4.78, 5) is 63.8. The Bertz CT molecular complexity index is 2460. The van der Waals surface area contributed by atoms with Crippen LogP contribution in [0.4, 0.5) is 11.5 Å². The fourth-order valence-corrected chi connectivity index (χ4v) is 10.1. The average Bonchev–Trinajstić information content (AvgIpc) is 4.04. The number of rotatable bonds is 16. The number of amides is 3. The van der Waals surface area contributed by atoms with Gasteiger partial charge >= 0.3 is 0 Å². The number of carbonyl (C=O) groups is 4. The first-order chi connectivity index (χ1) is 31.3. The maximum Gasteiger partial charge on any atom is 0.260 e. The predicted octanol–water partition coefficient (Wildman–Crippen LogP) is 4.00. The van der Waals surface area contributed by atoms with Crippen LogP contribution in [0, 0.1) is 5.92 Å². The predicted molar refractivity (Wildman–Crippen MR) is 244 cm³/mol. The van der Waals surface area contributed by atoms with Crippen molar-refractivity contribution in [3.8, 4) is 5.75 Å². The summed E-state index contributed by atoms with van der Waals surface area (Å²) in [6, 6.07) is 13.6. The van der Waals surface area contributed by atoms with Crippen LogP contribution >= 0.6 is 0 Å². The van der Waals surface area contributed by atoms with Gasteiger partial charge in [0, 0.05) is 107 Å². The molecule has 17 nitrogen and oxygen atoms in total. The highest BCUT2D eigenvalue weighted by Gasteiger charge is 2.34. The second-order valence-corrected chi connectivity index (χ2v) is 17.8. The van der Waals surface area contributed by atoms with E-state index in [9.17, 15) is 19.2 Å². The van der Waals surface area contributed by atoms with Gasteiger partial charge in [0.25, 0.3) is 11.8 Å². The van der Waals surface area contributed by atoms with Crippen molar-refractivity contribution in [2.75, 3.05) is 83.3 Å². The van der Waals surface area contributed by atoms with Crippen molar-refractivity contribution in [3.05, 3.63) is 77.7 Å². The molecule has 2 saturated heterocycles. The van der Waals surface area contributed by atoms with E-state index in [1.807, 2.05) is 30.3 Å².